The molecule has 1 aromatic carbocycles. The number of benzene rings is 1. The van der Waals surface area contributed by atoms with Crippen LogP contribution in [-0.2, 0) is 0 Å². The summed E-state index contributed by atoms with van der Waals surface area (Å²) < 4.78 is 15.7. The van der Waals surface area contributed by atoms with Crippen molar-refractivity contribution < 1.29 is 4.39 Å². The molecule has 2 N–H and O–H groups in total. The van der Waals surface area contributed by atoms with Gasteiger partial charge in [-0.15, -0.1) is 0 Å². The standard InChI is InChI=1S/C13H16FN3/c1-8(15)13-11(14)5-4-6-12(13)17-7-16-9(2)10(17)3/h4-8H,15H2,1-3H3. The molecule has 1 heterocycles. The Balaban J connectivity index is 2.67. The van der Waals surface area contributed by atoms with Gasteiger partial charge in [0.2, 0.25) is 0 Å². The molecule has 4 heteroatoms. The fraction of sp³-hybridized carbons (Fsp3) is 0.308. The number of nitrogens with two attached hydrogens (primary N) is 1. The molecule has 1 aromatic heterocycles. The molecule has 0 aliphatic heterocycles. The molecule has 0 fully saturated rings. The van der Waals surface area contributed by atoms with Crippen molar-refractivity contribution in [2.45, 2.75) is 26.8 Å². The summed E-state index contributed by atoms with van der Waals surface area (Å²) in [6.07, 6.45) is 1.70. The minimum Gasteiger partial charge on any atom is -0.324 e. The molecule has 0 saturated heterocycles. The molecular weight excluding hydrogens is 217 g/mol. The lowest BCUT2D eigenvalue weighted by molar-refractivity contribution is 0.591. The quantitative estimate of drug-likeness (QED) is 0.866. The van der Waals surface area contributed by atoms with Crippen molar-refractivity contribution in [2.75, 3.05) is 0 Å². The Morgan fingerprint density at radius 3 is 2.59 bits per heavy atom. The van der Waals surface area contributed by atoms with E-state index in [0.29, 0.717) is 5.56 Å². The number of aryl methyl sites for hydroxylation is 1. The fourth-order valence-corrected chi connectivity index (χ4v) is 1.93. The molecular formula is C13H16FN3. The molecule has 17 heavy (non-hydrogen) atoms. The smallest absolute Gasteiger partial charge is 0.130 e. The van der Waals surface area contributed by atoms with E-state index in [-0.39, 0.29) is 11.9 Å². The van der Waals surface area contributed by atoms with Crippen molar-refractivity contribution in [3.63, 3.8) is 0 Å². The Hall–Kier alpha value is -1.68. The molecule has 0 saturated carbocycles. The van der Waals surface area contributed by atoms with Crippen LogP contribution >= 0.6 is 0 Å². The predicted molar refractivity (Wildman–Crippen MR) is 65.6 cm³/mol. The van der Waals surface area contributed by atoms with Gasteiger partial charge in [0.05, 0.1) is 17.7 Å². The molecule has 0 radical (unpaired) electrons. The number of hydrogen-bond donors (Lipinski definition) is 1. The summed E-state index contributed by atoms with van der Waals surface area (Å²) in [5.74, 6) is -0.275. The Morgan fingerprint density at radius 1 is 1.35 bits per heavy atom. The summed E-state index contributed by atoms with van der Waals surface area (Å²) in [4.78, 5) is 4.22. The molecule has 90 valence electrons. The van der Waals surface area contributed by atoms with E-state index >= 15 is 0 Å². The first-order valence-electron chi connectivity index (χ1n) is 5.57. The largest absolute Gasteiger partial charge is 0.324 e. The van der Waals surface area contributed by atoms with Crippen molar-refractivity contribution in [1.29, 1.82) is 0 Å². The lowest BCUT2D eigenvalue weighted by atomic mass is 10.1. The van der Waals surface area contributed by atoms with E-state index in [1.54, 1.807) is 19.3 Å². The van der Waals surface area contributed by atoms with Crippen molar-refractivity contribution >= 4 is 0 Å². The number of aromatic nitrogens is 2. The molecule has 0 bridgehead atoms. The Kier molecular flexibility index (Phi) is 2.98. The maximum absolute atomic E-state index is 13.8. The van der Waals surface area contributed by atoms with Gasteiger partial charge in [-0.05, 0) is 32.9 Å². The van der Waals surface area contributed by atoms with Crippen molar-refractivity contribution in [1.82, 2.24) is 9.55 Å². The van der Waals surface area contributed by atoms with Gasteiger partial charge in [0, 0.05) is 17.3 Å². The normalized spacial score (nSPS) is 12.8. The van der Waals surface area contributed by atoms with Crippen LogP contribution in [-0.4, -0.2) is 9.55 Å². The van der Waals surface area contributed by atoms with Gasteiger partial charge >= 0.3 is 0 Å². The highest BCUT2D eigenvalue weighted by atomic mass is 19.1. The molecule has 3 nitrogen and oxygen atoms in total. The Morgan fingerprint density at radius 2 is 2.06 bits per heavy atom. The molecule has 2 aromatic rings. The highest BCUT2D eigenvalue weighted by molar-refractivity contribution is 5.45. The monoisotopic (exact) mass is 233 g/mol. The number of rotatable bonds is 2. The zero-order valence-electron chi connectivity index (χ0n) is 10.2. The highest BCUT2D eigenvalue weighted by Gasteiger charge is 2.15. The van der Waals surface area contributed by atoms with Crippen molar-refractivity contribution in [2.24, 2.45) is 5.73 Å². The average Bonchev–Trinajstić information content (AvgIpc) is 2.59. The summed E-state index contributed by atoms with van der Waals surface area (Å²) in [6, 6.07) is 4.62. The summed E-state index contributed by atoms with van der Waals surface area (Å²) in [5.41, 5.74) is 9.05. The van der Waals surface area contributed by atoms with Gasteiger partial charge in [-0.2, -0.15) is 0 Å². The Bertz CT molecular complexity index is 544. The topological polar surface area (TPSA) is 43.8 Å². The maximum Gasteiger partial charge on any atom is 0.130 e. The number of nitrogens with zero attached hydrogens (tertiary/aromatic N) is 2. The summed E-state index contributed by atoms with van der Waals surface area (Å²) in [5, 5.41) is 0. The minimum absolute atomic E-state index is 0.275. The molecule has 0 spiro atoms. The van der Waals surface area contributed by atoms with Crippen LogP contribution in [0.3, 0.4) is 0 Å². The molecule has 0 amide bonds. The second-order valence-corrected chi connectivity index (χ2v) is 4.25. The first-order valence-corrected chi connectivity index (χ1v) is 5.57. The lowest BCUT2D eigenvalue weighted by Gasteiger charge is -2.15. The molecule has 0 aliphatic carbocycles. The number of halogens is 1. The fourth-order valence-electron chi connectivity index (χ4n) is 1.93. The number of imidazole rings is 1. The van der Waals surface area contributed by atoms with Crippen molar-refractivity contribution in [3.8, 4) is 5.69 Å². The van der Waals surface area contributed by atoms with Gasteiger partial charge in [0.25, 0.3) is 0 Å². The summed E-state index contributed by atoms with van der Waals surface area (Å²) >= 11 is 0. The second kappa shape index (κ2) is 4.30. The molecule has 0 aliphatic rings. The summed E-state index contributed by atoms with van der Waals surface area (Å²) in [7, 11) is 0. The van der Waals surface area contributed by atoms with E-state index in [2.05, 4.69) is 4.98 Å². The van der Waals surface area contributed by atoms with Gasteiger partial charge in [0.1, 0.15) is 5.82 Å². The third-order valence-electron chi connectivity index (χ3n) is 3.00. The first-order chi connectivity index (χ1) is 8.02. The second-order valence-electron chi connectivity index (χ2n) is 4.25. The van der Waals surface area contributed by atoms with E-state index in [1.165, 1.54) is 6.07 Å². The van der Waals surface area contributed by atoms with Crippen LogP contribution in [0.5, 0.6) is 0 Å². The third kappa shape index (κ3) is 1.96. The number of hydrogen-bond acceptors (Lipinski definition) is 2. The highest BCUT2D eigenvalue weighted by Crippen LogP contribution is 2.25. The van der Waals surface area contributed by atoms with E-state index < -0.39 is 0 Å². The van der Waals surface area contributed by atoms with Crippen LogP contribution in [0, 0.1) is 19.7 Å². The van der Waals surface area contributed by atoms with E-state index in [0.717, 1.165) is 17.1 Å². The van der Waals surface area contributed by atoms with E-state index in [9.17, 15) is 4.39 Å². The lowest BCUT2D eigenvalue weighted by Crippen LogP contribution is -2.12. The average molecular weight is 233 g/mol. The van der Waals surface area contributed by atoms with Crippen LogP contribution in [0.25, 0.3) is 5.69 Å². The van der Waals surface area contributed by atoms with Crippen LogP contribution in [0.4, 0.5) is 4.39 Å². The molecule has 1 atom stereocenters. The van der Waals surface area contributed by atoms with Gasteiger partial charge in [-0.1, -0.05) is 6.07 Å². The molecule has 2 rings (SSSR count). The van der Waals surface area contributed by atoms with Crippen LogP contribution in [0.15, 0.2) is 24.5 Å². The first kappa shape index (κ1) is 11.8. The molecule has 1 unspecified atom stereocenters. The predicted octanol–water partition coefficient (Wildman–Crippen LogP) is 2.65. The van der Waals surface area contributed by atoms with Crippen LogP contribution in [0.2, 0.25) is 0 Å². The van der Waals surface area contributed by atoms with Gasteiger partial charge < -0.3 is 10.3 Å². The third-order valence-corrected chi connectivity index (χ3v) is 3.00. The van der Waals surface area contributed by atoms with E-state index in [4.69, 9.17) is 5.73 Å². The van der Waals surface area contributed by atoms with Gasteiger partial charge in [-0.3, -0.25) is 0 Å². The Labute approximate surface area is 100 Å². The zero-order chi connectivity index (χ0) is 12.6. The van der Waals surface area contributed by atoms with E-state index in [1.807, 2.05) is 24.5 Å². The van der Waals surface area contributed by atoms with Crippen molar-refractivity contribution in [3.05, 3.63) is 47.3 Å². The van der Waals surface area contributed by atoms with Gasteiger partial charge in [0.15, 0.2) is 0 Å². The minimum atomic E-state index is -0.353. The van der Waals surface area contributed by atoms with Crippen LogP contribution < -0.4 is 5.73 Å². The van der Waals surface area contributed by atoms with Crippen LogP contribution in [0.1, 0.15) is 29.9 Å². The summed E-state index contributed by atoms with van der Waals surface area (Å²) in [6.45, 7) is 5.66. The SMILES string of the molecule is Cc1ncn(-c2cccc(F)c2C(C)N)c1C. The zero-order valence-corrected chi connectivity index (χ0v) is 10.2. The van der Waals surface area contributed by atoms with Gasteiger partial charge in [-0.25, -0.2) is 9.37 Å². The maximum atomic E-state index is 13.8.